The highest BCUT2D eigenvalue weighted by Crippen LogP contribution is 2.20. The van der Waals surface area contributed by atoms with Crippen LogP contribution in [-0.2, 0) is 0 Å². The zero-order chi connectivity index (χ0) is 17.6. The van der Waals surface area contributed by atoms with E-state index in [2.05, 4.69) is 10.1 Å². The Bertz CT molecular complexity index is 1190. The summed E-state index contributed by atoms with van der Waals surface area (Å²) >= 11 is 5.88. The van der Waals surface area contributed by atoms with Gasteiger partial charge in [0.05, 0.1) is 11.4 Å². The Hall–Kier alpha value is -3.12. The van der Waals surface area contributed by atoms with Crippen LogP contribution in [0.1, 0.15) is 0 Å². The molecule has 0 unspecified atom stereocenters. The SMILES string of the molecule is O=c1cc(-c2ccc(Cl)cc2)[nH]c2[nH]n(-c3ccc(F)cc3)c(=O)c12. The fourth-order valence-corrected chi connectivity index (χ4v) is 2.81. The number of benzene rings is 2. The molecule has 25 heavy (non-hydrogen) atoms. The second-order valence-corrected chi connectivity index (χ2v) is 5.97. The van der Waals surface area contributed by atoms with Crippen molar-refractivity contribution in [1.82, 2.24) is 14.8 Å². The van der Waals surface area contributed by atoms with E-state index in [0.29, 0.717) is 22.1 Å². The summed E-state index contributed by atoms with van der Waals surface area (Å²) < 4.78 is 14.3. The van der Waals surface area contributed by atoms with Crippen molar-refractivity contribution < 1.29 is 4.39 Å². The average molecular weight is 356 g/mol. The van der Waals surface area contributed by atoms with Gasteiger partial charge >= 0.3 is 0 Å². The van der Waals surface area contributed by atoms with E-state index in [9.17, 15) is 14.0 Å². The van der Waals surface area contributed by atoms with E-state index < -0.39 is 16.8 Å². The molecule has 0 fully saturated rings. The van der Waals surface area contributed by atoms with Gasteiger partial charge in [-0.15, -0.1) is 0 Å². The predicted octanol–water partition coefficient (Wildman–Crippen LogP) is 3.47. The van der Waals surface area contributed by atoms with E-state index in [-0.39, 0.29) is 5.39 Å². The van der Waals surface area contributed by atoms with Crippen LogP contribution in [0.3, 0.4) is 0 Å². The lowest BCUT2D eigenvalue weighted by Crippen LogP contribution is -2.18. The Morgan fingerprint density at radius 2 is 1.64 bits per heavy atom. The largest absolute Gasteiger partial charge is 0.339 e. The number of hydrogen-bond donors (Lipinski definition) is 2. The maximum atomic E-state index is 13.1. The standard InChI is InChI=1S/C18H11ClFN3O2/c19-11-3-1-10(2-4-11)14-9-15(24)16-17(21-14)22-23(18(16)25)13-7-5-12(20)6-8-13/h1-9H,(H2,21,22,24). The summed E-state index contributed by atoms with van der Waals surface area (Å²) in [6, 6.07) is 13.7. The van der Waals surface area contributed by atoms with Gasteiger partial charge in [-0.2, -0.15) is 0 Å². The van der Waals surface area contributed by atoms with E-state index in [1.807, 2.05) is 0 Å². The Balaban J connectivity index is 1.92. The number of hydrogen-bond acceptors (Lipinski definition) is 2. The van der Waals surface area contributed by atoms with Crippen LogP contribution in [0.2, 0.25) is 5.02 Å². The van der Waals surface area contributed by atoms with Gasteiger partial charge in [-0.25, -0.2) is 9.07 Å². The monoisotopic (exact) mass is 355 g/mol. The topological polar surface area (TPSA) is 70.7 Å². The van der Waals surface area contributed by atoms with Gasteiger partial charge in [-0.1, -0.05) is 23.7 Å². The normalized spacial score (nSPS) is 11.1. The van der Waals surface area contributed by atoms with Gasteiger partial charge in [0.15, 0.2) is 5.43 Å². The number of aromatic amines is 2. The van der Waals surface area contributed by atoms with Gasteiger partial charge in [0.2, 0.25) is 0 Å². The molecule has 2 N–H and O–H groups in total. The molecule has 0 radical (unpaired) electrons. The van der Waals surface area contributed by atoms with Crippen molar-refractivity contribution in [3.63, 3.8) is 0 Å². The van der Waals surface area contributed by atoms with Crippen molar-refractivity contribution in [1.29, 1.82) is 0 Å². The predicted molar refractivity (Wildman–Crippen MR) is 94.9 cm³/mol. The number of halogens is 2. The Kier molecular flexibility index (Phi) is 3.54. The van der Waals surface area contributed by atoms with Crippen LogP contribution in [0.25, 0.3) is 28.0 Å². The van der Waals surface area contributed by atoms with Crippen molar-refractivity contribution in [3.8, 4) is 16.9 Å². The third-order valence-corrected chi connectivity index (χ3v) is 4.16. The van der Waals surface area contributed by atoms with Crippen molar-refractivity contribution in [2.45, 2.75) is 0 Å². The minimum atomic E-state index is -0.495. The van der Waals surface area contributed by atoms with Crippen LogP contribution >= 0.6 is 11.6 Å². The van der Waals surface area contributed by atoms with Crippen LogP contribution in [0, 0.1) is 5.82 Å². The van der Waals surface area contributed by atoms with Crippen molar-refractivity contribution in [2.24, 2.45) is 0 Å². The fourth-order valence-electron chi connectivity index (χ4n) is 2.69. The summed E-state index contributed by atoms with van der Waals surface area (Å²) in [5, 5.41) is 3.46. The van der Waals surface area contributed by atoms with E-state index in [1.54, 1.807) is 24.3 Å². The van der Waals surface area contributed by atoms with E-state index in [1.165, 1.54) is 35.0 Å². The highest BCUT2D eigenvalue weighted by atomic mass is 35.5. The summed E-state index contributed by atoms with van der Waals surface area (Å²) in [7, 11) is 0. The molecule has 2 heterocycles. The van der Waals surface area contributed by atoms with Crippen LogP contribution in [-0.4, -0.2) is 14.8 Å². The maximum Gasteiger partial charge on any atom is 0.284 e. The minimum Gasteiger partial charge on any atom is -0.339 e. The Morgan fingerprint density at radius 3 is 2.32 bits per heavy atom. The molecule has 0 amide bonds. The third-order valence-electron chi connectivity index (χ3n) is 3.91. The minimum absolute atomic E-state index is 0.0158. The first-order valence-electron chi connectivity index (χ1n) is 7.43. The molecule has 0 bridgehead atoms. The first-order chi connectivity index (χ1) is 12.0. The molecule has 124 valence electrons. The second-order valence-electron chi connectivity index (χ2n) is 5.53. The summed E-state index contributed by atoms with van der Waals surface area (Å²) in [5.41, 5.74) is 1.15. The zero-order valence-corrected chi connectivity index (χ0v) is 13.5. The summed E-state index contributed by atoms with van der Waals surface area (Å²) in [4.78, 5) is 28.0. The van der Waals surface area contributed by atoms with Crippen molar-refractivity contribution >= 4 is 22.6 Å². The molecular weight excluding hydrogens is 345 g/mol. The fraction of sp³-hybridized carbons (Fsp3) is 0. The third kappa shape index (κ3) is 2.66. The Labute approximate surface area is 145 Å². The number of pyridine rings is 1. The molecule has 0 saturated heterocycles. The van der Waals surface area contributed by atoms with Crippen molar-refractivity contribution in [2.75, 3.05) is 0 Å². The number of nitrogens with one attached hydrogen (secondary N) is 2. The molecule has 0 aliphatic heterocycles. The number of nitrogens with zero attached hydrogens (tertiary/aromatic N) is 1. The maximum absolute atomic E-state index is 13.1. The number of rotatable bonds is 2. The lowest BCUT2D eigenvalue weighted by Gasteiger charge is -2.02. The first kappa shape index (κ1) is 15.4. The molecule has 4 aromatic rings. The van der Waals surface area contributed by atoms with Crippen LogP contribution < -0.4 is 11.0 Å². The molecule has 0 aliphatic carbocycles. The molecule has 0 atom stereocenters. The quantitative estimate of drug-likeness (QED) is 0.578. The smallest absolute Gasteiger partial charge is 0.284 e. The number of aromatic nitrogens is 3. The average Bonchev–Trinajstić information content (AvgIpc) is 2.93. The second kappa shape index (κ2) is 5.75. The van der Waals surface area contributed by atoms with Gasteiger partial charge in [0, 0.05) is 11.1 Å². The van der Waals surface area contributed by atoms with Gasteiger partial charge in [-0.05, 0) is 42.0 Å². The lowest BCUT2D eigenvalue weighted by atomic mass is 10.1. The highest BCUT2D eigenvalue weighted by Gasteiger charge is 2.14. The number of H-pyrrole nitrogens is 2. The zero-order valence-electron chi connectivity index (χ0n) is 12.7. The van der Waals surface area contributed by atoms with Crippen LogP contribution in [0.5, 0.6) is 0 Å². The summed E-state index contributed by atoms with van der Waals surface area (Å²) in [6.45, 7) is 0. The highest BCUT2D eigenvalue weighted by molar-refractivity contribution is 6.30. The molecule has 0 spiro atoms. The van der Waals surface area contributed by atoms with Gasteiger partial charge in [-0.3, -0.25) is 14.7 Å². The molecule has 2 aromatic carbocycles. The first-order valence-corrected chi connectivity index (χ1v) is 7.81. The molecule has 0 aliphatic rings. The number of fused-ring (bicyclic) bond motifs is 1. The Morgan fingerprint density at radius 1 is 0.960 bits per heavy atom. The van der Waals surface area contributed by atoms with Crippen molar-refractivity contribution in [3.05, 3.63) is 86.0 Å². The summed E-state index contributed by atoms with van der Waals surface area (Å²) in [6.07, 6.45) is 0. The van der Waals surface area contributed by atoms with Crippen LogP contribution in [0.15, 0.2) is 64.2 Å². The molecular formula is C18H11ClFN3O2. The van der Waals surface area contributed by atoms with E-state index >= 15 is 0 Å². The molecule has 7 heteroatoms. The van der Waals surface area contributed by atoms with Gasteiger partial charge < -0.3 is 4.98 Å². The molecule has 5 nitrogen and oxygen atoms in total. The molecule has 0 saturated carbocycles. The van der Waals surface area contributed by atoms with E-state index in [4.69, 9.17) is 11.6 Å². The molecule has 2 aromatic heterocycles. The lowest BCUT2D eigenvalue weighted by molar-refractivity contribution is 0.627. The summed E-state index contributed by atoms with van der Waals surface area (Å²) in [5.74, 6) is -0.408. The van der Waals surface area contributed by atoms with Gasteiger partial charge in [0.1, 0.15) is 16.9 Å². The van der Waals surface area contributed by atoms with Crippen LogP contribution in [0.4, 0.5) is 4.39 Å². The van der Waals surface area contributed by atoms with Gasteiger partial charge in [0.25, 0.3) is 5.56 Å². The van der Waals surface area contributed by atoms with E-state index in [0.717, 1.165) is 5.56 Å². The molecule has 4 rings (SSSR count).